The fraction of sp³-hybridized carbons (Fsp3) is 0.400. The molecule has 0 aliphatic carbocycles. The number of hydrogen-bond donors (Lipinski definition) is 0. The zero-order valence-electron chi connectivity index (χ0n) is 11.9. The van der Waals surface area contributed by atoms with E-state index in [0.717, 1.165) is 5.56 Å². The maximum atomic E-state index is 12.6. The lowest BCUT2D eigenvalue weighted by Crippen LogP contribution is -2.33. The molecular formula is C15H18ClN3O. The molecule has 1 unspecified atom stereocenters. The van der Waals surface area contributed by atoms with Crippen LogP contribution in [0.5, 0.6) is 0 Å². The Hall–Kier alpha value is -1.68. The van der Waals surface area contributed by atoms with Gasteiger partial charge < -0.3 is 0 Å². The van der Waals surface area contributed by atoms with E-state index in [0.29, 0.717) is 11.4 Å². The van der Waals surface area contributed by atoms with Crippen LogP contribution in [0.2, 0.25) is 5.02 Å². The molecule has 0 aliphatic rings. The summed E-state index contributed by atoms with van der Waals surface area (Å²) in [6.45, 7) is 5.76. The first-order chi connectivity index (χ1) is 9.40. The average molecular weight is 292 g/mol. The van der Waals surface area contributed by atoms with Crippen LogP contribution in [0.3, 0.4) is 0 Å². The van der Waals surface area contributed by atoms with Gasteiger partial charge in [0.05, 0.1) is 0 Å². The van der Waals surface area contributed by atoms with Crippen LogP contribution in [0.25, 0.3) is 0 Å². The van der Waals surface area contributed by atoms with Gasteiger partial charge in [0.25, 0.3) is 0 Å². The van der Waals surface area contributed by atoms with Gasteiger partial charge in [-0.3, -0.25) is 4.79 Å². The summed E-state index contributed by atoms with van der Waals surface area (Å²) in [7, 11) is 0. The van der Waals surface area contributed by atoms with E-state index >= 15 is 0 Å². The van der Waals surface area contributed by atoms with Crippen molar-refractivity contribution in [1.82, 2.24) is 14.8 Å². The Bertz CT molecular complexity index is 576. The summed E-state index contributed by atoms with van der Waals surface area (Å²) >= 11 is 5.88. The van der Waals surface area contributed by atoms with Gasteiger partial charge in [0.2, 0.25) is 0 Å². The first-order valence-electron chi connectivity index (χ1n) is 6.53. The highest BCUT2D eigenvalue weighted by Crippen LogP contribution is 2.28. The SMILES string of the molecule is CC(C(=O)C(C)(C)Cc1ccc(Cl)cc1)n1cncn1. The maximum Gasteiger partial charge on any atom is 0.163 e. The Kier molecular flexibility index (Phi) is 4.23. The highest BCUT2D eigenvalue weighted by atomic mass is 35.5. The van der Waals surface area contributed by atoms with Crippen LogP contribution in [-0.2, 0) is 11.2 Å². The van der Waals surface area contributed by atoms with Crippen molar-refractivity contribution in [1.29, 1.82) is 0 Å². The van der Waals surface area contributed by atoms with E-state index < -0.39 is 5.41 Å². The molecule has 1 atom stereocenters. The molecular weight excluding hydrogens is 274 g/mol. The molecule has 106 valence electrons. The lowest BCUT2D eigenvalue weighted by Gasteiger charge is -2.26. The fourth-order valence-corrected chi connectivity index (χ4v) is 2.43. The molecule has 0 radical (unpaired) electrons. The summed E-state index contributed by atoms with van der Waals surface area (Å²) in [4.78, 5) is 16.5. The zero-order chi connectivity index (χ0) is 14.8. The van der Waals surface area contributed by atoms with E-state index in [-0.39, 0.29) is 11.8 Å². The minimum atomic E-state index is -0.473. The van der Waals surface area contributed by atoms with Crippen LogP contribution in [0.1, 0.15) is 32.4 Å². The Balaban J connectivity index is 2.13. The molecule has 20 heavy (non-hydrogen) atoms. The summed E-state index contributed by atoms with van der Waals surface area (Å²) < 4.78 is 1.59. The van der Waals surface area contributed by atoms with Gasteiger partial charge in [-0.05, 0) is 31.0 Å². The van der Waals surface area contributed by atoms with Crippen molar-refractivity contribution in [2.45, 2.75) is 33.2 Å². The van der Waals surface area contributed by atoms with Gasteiger partial charge in [-0.1, -0.05) is 37.6 Å². The van der Waals surface area contributed by atoms with Gasteiger partial charge in [-0.25, -0.2) is 9.67 Å². The number of Topliss-reactive ketones (excluding diaryl/α,β-unsaturated/α-hetero) is 1. The Morgan fingerprint density at radius 1 is 1.35 bits per heavy atom. The third-order valence-electron chi connectivity index (χ3n) is 3.44. The third-order valence-corrected chi connectivity index (χ3v) is 3.69. The topological polar surface area (TPSA) is 47.8 Å². The van der Waals surface area contributed by atoms with E-state index in [1.807, 2.05) is 45.0 Å². The molecule has 0 saturated carbocycles. The standard InChI is InChI=1S/C15H18ClN3O/c1-11(19-10-17-9-18-19)14(20)15(2,3)8-12-4-6-13(16)7-5-12/h4-7,9-11H,8H2,1-3H3. The van der Waals surface area contributed by atoms with E-state index in [2.05, 4.69) is 10.1 Å². The number of hydrogen-bond acceptors (Lipinski definition) is 3. The van der Waals surface area contributed by atoms with Crippen LogP contribution in [0.15, 0.2) is 36.9 Å². The zero-order valence-corrected chi connectivity index (χ0v) is 12.6. The first-order valence-corrected chi connectivity index (χ1v) is 6.91. The predicted molar refractivity (Wildman–Crippen MR) is 78.7 cm³/mol. The largest absolute Gasteiger partial charge is 0.297 e. The molecule has 0 saturated heterocycles. The number of rotatable bonds is 5. The summed E-state index contributed by atoms with van der Waals surface area (Å²) in [5.41, 5.74) is 0.623. The molecule has 2 rings (SSSR count). The molecule has 2 aromatic rings. The molecule has 1 aromatic heterocycles. The van der Waals surface area contributed by atoms with Crippen molar-refractivity contribution >= 4 is 17.4 Å². The number of carbonyl (C=O) groups excluding carboxylic acids is 1. The number of benzene rings is 1. The van der Waals surface area contributed by atoms with Crippen molar-refractivity contribution in [2.24, 2.45) is 5.41 Å². The lowest BCUT2D eigenvalue weighted by atomic mass is 9.79. The molecule has 0 spiro atoms. The summed E-state index contributed by atoms with van der Waals surface area (Å²) in [5.74, 6) is 0.137. The van der Waals surface area contributed by atoms with Gasteiger partial charge >= 0.3 is 0 Å². The summed E-state index contributed by atoms with van der Waals surface area (Å²) in [6, 6.07) is 7.28. The molecule has 0 fully saturated rings. The van der Waals surface area contributed by atoms with E-state index in [9.17, 15) is 4.79 Å². The van der Waals surface area contributed by atoms with Crippen LogP contribution >= 0.6 is 11.6 Å². The normalized spacial score (nSPS) is 13.2. The predicted octanol–water partition coefficient (Wildman–Crippen LogP) is 3.33. The smallest absolute Gasteiger partial charge is 0.163 e. The number of carbonyl (C=O) groups is 1. The fourth-order valence-electron chi connectivity index (χ4n) is 2.30. The number of halogens is 1. The molecule has 1 heterocycles. The third kappa shape index (κ3) is 3.25. The summed E-state index contributed by atoms with van der Waals surface area (Å²) in [5, 5.41) is 4.74. The van der Waals surface area contributed by atoms with Crippen molar-refractivity contribution in [3.05, 3.63) is 47.5 Å². The number of aromatic nitrogens is 3. The van der Waals surface area contributed by atoms with Crippen molar-refractivity contribution in [3.8, 4) is 0 Å². The second kappa shape index (κ2) is 5.75. The molecule has 0 aliphatic heterocycles. The Morgan fingerprint density at radius 3 is 2.55 bits per heavy atom. The highest BCUT2D eigenvalue weighted by Gasteiger charge is 2.32. The van der Waals surface area contributed by atoms with Crippen LogP contribution in [0.4, 0.5) is 0 Å². The highest BCUT2D eigenvalue weighted by molar-refractivity contribution is 6.30. The van der Waals surface area contributed by atoms with Gasteiger partial charge in [-0.15, -0.1) is 0 Å². The minimum absolute atomic E-state index is 0.137. The average Bonchev–Trinajstić information content (AvgIpc) is 2.93. The van der Waals surface area contributed by atoms with E-state index in [1.54, 1.807) is 11.0 Å². The molecule has 0 N–H and O–H groups in total. The van der Waals surface area contributed by atoms with Crippen LogP contribution in [0, 0.1) is 5.41 Å². The first kappa shape index (κ1) is 14.7. The second-order valence-corrected chi connectivity index (χ2v) is 6.04. The lowest BCUT2D eigenvalue weighted by molar-refractivity contribution is -0.130. The van der Waals surface area contributed by atoms with Gasteiger partial charge in [0.15, 0.2) is 5.78 Å². The van der Waals surface area contributed by atoms with Crippen LogP contribution in [-0.4, -0.2) is 20.5 Å². The van der Waals surface area contributed by atoms with Crippen molar-refractivity contribution in [3.63, 3.8) is 0 Å². The molecule has 5 heteroatoms. The second-order valence-electron chi connectivity index (χ2n) is 5.60. The molecule has 0 amide bonds. The van der Waals surface area contributed by atoms with Gasteiger partial charge in [-0.2, -0.15) is 5.10 Å². The number of nitrogens with zero attached hydrogens (tertiary/aromatic N) is 3. The van der Waals surface area contributed by atoms with Crippen LogP contribution < -0.4 is 0 Å². The summed E-state index contributed by atoms with van der Waals surface area (Å²) in [6.07, 6.45) is 3.68. The minimum Gasteiger partial charge on any atom is -0.297 e. The van der Waals surface area contributed by atoms with Gasteiger partial charge in [0, 0.05) is 10.4 Å². The van der Waals surface area contributed by atoms with Crippen molar-refractivity contribution < 1.29 is 4.79 Å². The molecule has 4 nitrogen and oxygen atoms in total. The maximum absolute atomic E-state index is 12.6. The van der Waals surface area contributed by atoms with Crippen molar-refractivity contribution in [2.75, 3.05) is 0 Å². The number of ketones is 1. The Morgan fingerprint density at radius 2 is 2.00 bits per heavy atom. The molecule has 0 bridgehead atoms. The quantitative estimate of drug-likeness (QED) is 0.849. The Labute approximate surface area is 123 Å². The van der Waals surface area contributed by atoms with E-state index in [1.165, 1.54) is 6.33 Å². The van der Waals surface area contributed by atoms with E-state index in [4.69, 9.17) is 11.6 Å². The van der Waals surface area contributed by atoms with Gasteiger partial charge in [0.1, 0.15) is 18.7 Å². The molecule has 1 aromatic carbocycles. The monoisotopic (exact) mass is 291 g/mol.